The molecular formula is C15H23F2N. The molecule has 0 spiro atoms. The van der Waals surface area contributed by atoms with Crippen LogP contribution in [0, 0.1) is 24.5 Å². The van der Waals surface area contributed by atoms with E-state index in [2.05, 4.69) is 19.2 Å². The van der Waals surface area contributed by atoms with Crippen LogP contribution in [0.2, 0.25) is 0 Å². The molecule has 1 nitrogen and oxygen atoms in total. The summed E-state index contributed by atoms with van der Waals surface area (Å²) in [5.74, 6) is -0.601. The van der Waals surface area contributed by atoms with Crippen LogP contribution in [0.5, 0.6) is 0 Å². The molecular weight excluding hydrogens is 232 g/mol. The fraction of sp³-hybridized carbons (Fsp3) is 0.600. The van der Waals surface area contributed by atoms with Gasteiger partial charge in [0.15, 0.2) is 0 Å². The van der Waals surface area contributed by atoms with Crippen LogP contribution in [-0.2, 0) is 0 Å². The molecule has 1 aromatic rings. The van der Waals surface area contributed by atoms with E-state index in [-0.39, 0.29) is 6.04 Å². The number of hydrogen-bond donors (Lipinski definition) is 1. The topological polar surface area (TPSA) is 12.0 Å². The number of halogens is 2. The number of rotatable bonds is 6. The third kappa shape index (κ3) is 3.52. The van der Waals surface area contributed by atoms with E-state index in [4.69, 9.17) is 0 Å². The highest BCUT2D eigenvalue weighted by atomic mass is 19.1. The molecule has 2 atom stereocenters. The van der Waals surface area contributed by atoms with Crippen molar-refractivity contribution in [2.24, 2.45) is 5.92 Å². The van der Waals surface area contributed by atoms with E-state index in [1.165, 1.54) is 0 Å². The number of nitrogens with one attached hydrogen (secondary N) is 1. The van der Waals surface area contributed by atoms with Crippen molar-refractivity contribution in [1.29, 1.82) is 0 Å². The molecule has 1 rings (SSSR count). The maximum Gasteiger partial charge on any atom is 0.130 e. The first-order chi connectivity index (χ1) is 8.51. The van der Waals surface area contributed by atoms with Crippen molar-refractivity contribution in [3.63, 3.8) is 0 Å². The lowest BCUT2D eigenvalue weighted by Gasteiger charge is -2.26. The molecule has 1 N–H and O–H groups in total. The summed E-state index contributed by atoms with van der Waals surface area (Å²) in [7, 11) is 0. The van der Waals surface area contributed by atoms with E-state index < -0.39 is 11.6 Å². The van der Waals surface area contributed by atoms with Gasteiger partial charge in [0, 0.05) is 17.7 Å². The van der Waals surface area contributed by atoms with Crippen LogP contribution in [0.3, 0.4) is 0 Å². The van der Waals surface area contributed by atoms with Gasteiger partial charge in [-0.15, -0.1) is 0 Å². The summed E-state index contributed by atoms with van der Waals surface area (Å²) in [5.41, 5.74) is 1.08. The zero-order chi connectivity index (χ0) is 13.7. The fourth-order valence-corrected chi connectivity index (χ4v) is 2.38. The number of hydrogen-bond acceptors (Lipinski definition) is 1. The summed E-state index contributed by atoms with van der Waals surface area (Å²) < 4.78 is 27.2. The first-order valence-electron chi connectivity index (χ1n) is 6.70. The molecule has 0 heterocycles. The minimum atomic E-state index is -0.477. The third-order valence-corrected chi connectivity index (χ3v) is 3.35. The van der Waals surface area contributed by atoms with Gasteiger partial charge in [0.25, 0.3) is 0 Å². The second kappa shape index (κ2) is 6.83. The van der Waals surface area contributed by atoms with Gasteiger partial charge in [-0.3, -0.25) is 0 Å². The average Bonchev–Trinajstić information content (AvgIpc) is 2.31. The molecule has 0 bridgehead atoms. The van der Waals surface area contributed by atoms with Crippen LogP contribution in [0.1, 0.15) is 50.8 Å². The Hall–Kier alpha value is -0.960. The van der Waals surface area contributed by atoms with Gasteiger partial charge in [-0.1, -0.05) is 27.2 Å². The Morgan fingerprint density at radius 2 is 1.83 bits per heavy atom. The molecule has 0 saturated carbocycles. The van der Waals surface area contributed by atoms with Crippen LogP contribution in [-0.4, -0.2) is 6.54 Å². The van der Waals surface area contributed by atoms with Gasteiger partial charge in [0.1, 0.15) is 11.6 Å². The monoisotopic (exact) mass is 255 g/mol. The van der Waals surface area contributed by atoms with Crippen LogP contribution in [0.15, 0.2) is 12.1 Å². The molecule has 0 fully saturated rings. The molecule has 0 saturated heterocycles. The summed E-state index contributed by atoms with van der Waals surface area (Å²) in [6.45, 7) is 8.67. The molecule has 18 heavy (non-hydrogen) atoms. The van der Waals surface area contributed by atoms with Gasteiger partial charge in [0.2, 0.25) is 0 Å². The standard InChI is InChI=1S/C15H23F2N/c1-5-7-10(3)15(18-6-2)12-8-11(4)13(16)9-14(12)17/h8-10,15,18H,5-7H2,1-4H3. The van der Waals surface area contributed by atoms with Gasteiger partial charge < -0.3 is 5.32 Å². The highest BCUT2D eigenvalue weighted by Gasteiger charge is 2.22. The molecule has 3 heteroatoms. The van der Waals surface area contributed by atoms with E-state index in [9.17, 15) is 8.78 Å². The Morgan fingerprint density at radius 1 is 1.17 bits per heavy atom. The van der Waals surface area contributed by atoms with Crippen LogP contribution >= 0.6 is 0 Å². The average molecular weight is 255 g/mol. The molecule has 0 radical (unpaired) electrons. The lowest BCUT2D eigenvalue weighted by molar-refractivity contribution is 0.357. The van der Waals surface area contributed by atoms with Gasteiger partial charge in [-0.25, -0.2) is 8.78 Å². The Kier molecular flexibility index (Phi) is 5.73. The largest absolute Gasteiger partial charge is 0.310 e. The highest BCUT2D eigenvalue weighted by Crippen LogP contribution is 2.29. The Morgan fingerprint density at radius 3 is 2.39 bits per heavy atom. The van der Waals surface area contributed by atoms with Crippen molar-refractivity contribution in [3.05, 3.63) is 34.9 Å². The minimum absolute atomic E-state index is 0.0470. The molecule has 0 aliphatic rings. The summed E-state index contributed by atoms with van der Waals surface area (Å²) in [6.07, 6.45) is 2.08. The second-order valence-electron chi connectivity index (χ2n) is 4.92. The maximum absolute atomic E-state index is 13.9. The zero-order valence-corrected chi connectivity index (χ0v) is 11.7. The number of aryl methyl sites for hydroxylation is 1. The van der Waals surface area contributed by atoms with E-state index in [0.29, 0.717) is 17.0 Å². The van der Waals surface area contributed by atoms with E-state index >= 15 is 0 Å². The van der Waals surface area contributed by atoms with E-state index in [1.54, 1.807) is 13.0 Å². The van der Waals surface area contributed by atoms with Crippen molar-refractivity contribution in [1.82, 2.24) is 5.32 Å². The molecule has 0 aliphatic heterocycles. The first kappa shape index (κ1) is 15.1. The molecule has 0 aliphatic carbocycles. The Balaban J connectivity index is 3.08. The van der Waals surface area contributed by atoms with Crippen LogP contribution < -0.4 is 5.32 Å². The summed E-state index contributed by atoms with van der Waals surface area (Å²) in [4.78, 5) is 0. The summed E-state index contributed by atoms with van der Waals surface area (Å²) >= 11 is 0. The normalized spacial score (nSPS) is 14.6. The zero-order valence-electron chi connectivity index (χ0n) is 11.7. The van der Waals surface area contributed by atoms with Crippen molar-refractivity contribution < 1.29 is 8.78 Å². The molecule has 2 unspecified atom stereocenters. The minimum Gasteiger partial charge on any atom is -0.310 e. The Labute approximate surface area is 109 Å². The fourth-order valence-electron chi connectivity index (χ4n) is 2.38. The van der Waals surface area contributed by atoms with Crippen molar-refractivity contribution in [2.45, 2.75) is 46.6 Å². The van der Waals surface area contributed by atoms with E-state index in [1.807, 2.05) is 6.92 Å². The maximum atomic E-state index is 13.9. The smallest absolute Gasteiger partial charge is 0.130 e. The lowest BCUT2D eigenvalue weighted by atomic mass is 9.90. The van der Waals surface area contributed by atoms with Gasteiger partial charge in [0.05, 0.1) is 0 Å². The molecule has 102 valence electrons. The van der Waals surface area contributed by atoms with Crippen LogP contribution in [0.25, 0.3) is 0 Å². The third-order valence-electron chi connectivity index (χ3n) is 3.35. The van der Waals surface area contributed by atoms with Gasteiger partial charge in [-0.2, -0.15) is 0 Å². The molecule has 0 aromatic heterocycles. The van der Waals surface area contributed by atoms with Crippen molar-refractivity contribution in [3.8, 4) is 0 Å². The second-order valence-corrected chi connectivity index (χ2v) is 4.92. The van der Waals surface area contributed by atoms with Gasteiger partial charge in [-0.05, 0) is 37.4 Å². The van der Waals surface area contributed by atoms with Crippen molar-refractivity contribution >= 4 is 0 Å². The summed E-state index contributed by atoms with van der Waals surface area (Å²) in [6, 6.07) is 2.58. The predicted molar refractivity (Wildman–Crippen MR) is 71.6 cm³/mol. The molecule has 0 amide bonds. The Bertz CT molecular complexity index is 390. The van der Waals surface area contributed by atoms with Crippen molar-refractivity contribution in [2.75, 3.05) is 6.54 Å². The summed E-state index contributed by atoms with van der Waals surface area (Å²) in [5, 5.41) is 3.31. The van der Waals surface area contributed by atoms with E-state index in [0.717, 1.165) is 25.5 Å². The lowest BCUT2D eigenvalue weighted by Crippen LogP contribution is -2.28. The number of benzene rings is 1. The van der Waals surface area contributed by atoms with Crippen LogP contribution in [0.4, 0.5) is 8.78 Å². The SMILES string of the molecule is CCCC(C)C(NCC)c1cc(C)c(F)cc1F. The predicted octanol–water partition coefficient (Wildman–Crippen LogP) is 4.36. The quantitative estimate of drug-likeness (QED) is 0.796. The van der Waals surface area contributed by atoms with Gasteiger partial charge >= 0.3 is 0 Å². The highest BCUT2D eigenvalue weighted by molar-refractivity contribution is 5.28. The first-order valence-corrected chi connectivity index (χ1v) is 6.70. The molecule has 1 aromatic carbocycles.